The Morgan fingerprint density at radius 2 is 1.21 bits per heavy atom. The summed E-state index contributed by atoms with van der Waals surface area (Å²) in [5.74, 6) is 0. The van der Waals surface area contributed by atoms with Gasteiger partial charge in [-0.25, -0.2) is 0 Å². The van der Waals surface area contributed by atoms with Gasteiger partial charge in [0.15, 0.2) is 0 Å². The van der Waals surface area contributed by atoms with Crippen molar-refractivity contribution in [2.75, 3.05) is 4.90 Å². The van der Waals surface area contributed by atoms with Gasteiger partial charge < -0.3 is 9.47 Å². The number of benzene rings is 8. The smallest absolute Gasteiger partial charge is 0.0651 e. The minimum absolute atomic E-state index is 0.508. The Kier molecular flexibility index (Phi) is 2.82. The van der Waals surface area contributed by atoms with E-state index in [4.69, 9.17) is 31.5 Å². The third kappa shape index (κ3) is 5.02. The van der Waals surface area contributed by atoms with Crippen LogP contribution in [0.15, 0.2) is 193 Å². The third-order valence-electron chi connectivity index (χ3n) is 8.75. The van der Waals surface area contributed by atoms with E-state index in [-0.39, 0.29) is 0 Å². The van der Waals surface area contributed by atoms with Crippen LogP contribution in [0, 0.1) is 0 Å². The van der Waals surface area contributed by atoms with Crippen molar-refractivity contribution < 1.29 is 45.2 Å². The fraction of sp³-hybridized carbons (Fsp3) is 0.0588. The second-order valence-electron chi connectivity index (χ2n) is 11.8. The zero-order chi connectivity index (χ0) is 64.1. The Morgan fingerprint density at radius 1 is 0.509 bits per heavy atom. The Labute approximate surface area is 357 Å². The van der Waals surface area contributed by atoms with Crippen molar-refractivity contribution in [2.24, 2.45) is 0 Å². The molecule has 9 aromatic rings. The molecule has 1 aliphatic carbocycles. The molecule has 0 spiro atoms. The molecular formula is C51H38N2. The molecule has 1 aromatic heterocycles. The molecule has 0 N–H and O–H groups in total. The van der Waals surface area contributed by atoms with E-state index in [0.717, 1.165) is 19.1 Å². The standard InChI is InChI=1S/C51H38N2/c1-51(2)46-25-12-9-23-42(46)43-30-29-40(34-47(43)51)52(48-26-13-10-22-41(48)35-16-5-3-6-17-35)39-21-15-18-36(32-39)37-28-31-50-45(33-37)44-24-11-14-27-49(44)53(50)38-19-7-4-8-20-38/h3-34H,1-2H3/i1D3,3D,4D,5D,6D,7D,8D,9D,10D,11D,12D,13D,14D,15D,16D,17D,18D,19D,20D,21D,23D,24D,25D,26D,27D,28D,29D,30D,31D,32D,33D. The quantitative estimate of drug-likeness (QED) is 0.167. The second kappa shape index (κ2) is 12.3. The largest absolute Gasteiger partial charge is 0.310 e. The van der Waals surface area contributed by atoms with Crippen molar-refractivity contribution in [3.8, 4) is 39.1 Å². The highest BCUT2D eigenvalue weighted by molar-refractivity contribution is 6.10. The van der Waals surface area contributed by atoms with E-state index in [1.807, 2.05) is 0 Å². The van der Waals surface area contributed by atoms with Crippen molar-refractivity contribution in [1.29, 1.82) is 0 Å². The fourth-order valence-electron chi connectivity index (χ4n) is 6.39. The average molecular weight is 712 g/mol. The lowest BCUT2D eigenvalue weighted by Gasteiger charge is -2.30. The van der Waals surface area contributed by atoms with Crippen LogP contribution in [0.5, 0.6) is 0 Å². The van der Waals surface area contributed by atoms with Crippen molar-refractivity contribution >= 4 is 38.9 Å². The van der Waals surface area contributed by atoms with Gasteiger partial charge in [-0.2, -0.15) is 0 Å². The molecule has 0 fully saturated rings. The molecule has 0 radical (unpaired) electrons. The van der Waals surface area contributed by atoms with Gasteiger partial charge in [0.2, 0.25) is 0 Å². The first-order valence-electron chi connectivity index (χ1n) is 32.2. The molecule has 252 valence electrons. The van der Waals surface area contributed by atoms with Gasteiger partial charge in [0.05, 0.1) is 57.8 Å². The summed E-state index contributed by atoms with van der Waals surface area (Å²) in [7, 11) is 0. The number of fused-ring (bicyclic) bond motifs is 6. The summed E-state index contributed by atoms with van der Waals surface area (Å²) in [6.45, 7) is -2.29. The predicted octanol–water partition coefficient (Wildman–Crippen LogP) is 13.9. The number of hydrogen-bond acceptors (Lipinski definition) is 1. The number of nitrogens with zero attached hydrogens (tertiary/aromatic N) is 2. The van der Waals surface area contributed by atoms with E-state index in [2.05, 4.69) is 0 Å². The highest BCUT2D eigenvalue weighted by atomic mass is 15.1. The number of anilines is 3. The topological polar surface area (TPSA) is 8.17 Å². The molecule has 10 rings (SSSR count). The van der Waals surface area contributed by atoms with Crippen LogP contribution in [-0.4, -0.2) is 4.57 Å². The van der Waals surface area contributed by atoms with Crippen molar-refractivity contribution in [1.82, 2.24) is 4.57 Å². The fourth-order valence-corrected chi connectivity index (χ4v) is 6.39. The van der Waals surface area contributed by atoms with E-state index in [1.165, 1.54) is 0 Å². The van der Waals surface area contributed by atoms with E-state index in [9.17, 15) is 13.7 Å². The molecule has 1 aliphatic rings. The van der Waals surface area contributed by atoms with Crippen LogP contribution < -0.4 is 4.90 Å². The normalized spacial score (nSPS) is 23.7. The van der Waals surface area contributed by atoms with Crippen LogP contribution in [0.1, 0.15) is 70.1 Å². The Balaban J connectivity index is 1.45. The number of rotatable bonds is 6. The zero-order valence-corrected chi connectivity index (χ0v) is 27.0. The SMILES string of the molecule is [2H]c1cc(-c2c([2H])c([2H])c([2H])c([2H])c2[2H])c(N(c2cc3c(c([2H])c2[2H])-c2c([2H])c([2H])c([2H])c([2H])c2C3(C)C([2H])([2H])[2H])c2c([2H])c([2H])c([2H])c(-c3c([2H])c([2H])c4c(c3[2H])c3c([2H])c([2H])c([2H])c([2H])c3n4-c3c([2H])c([2H])c([2H])c([2H])c3[2H])c2[2H])c([2H])c1[2H]. The Morgan fingerprint density at radius 3 is 2.08 bits per heavy atom. The van der Waals surface area contributed by atoms with Gasteiger partial charge in [-0.3, -0.25) is 0 Å². The number of hydrogen-bond donors (Lipinski definition) is 0. The van der Waals surface area contributed by atoms with Crippen molar-refractivity contribution in [2.45, 2.75) is 19.2 Å². The van der Waals surface area contributed by atoms with Gasteiger partial charge in [-0.15, -0.1) is 0 Å². The first-order chi connectivity index (χ1) is 39.8. The van der Waals surface area contributed by atoms with Crippen LogP contribution in [0.25, 0.3) is 60.9 Å². The summed E-state index contributed by atoms with van der Waals surface area (Å²) in [4.78, 5) is 0.508. The minimum atomic E-state index is -3.34. The maximum Gasteiger partial charge on any atom is 0.0651 e. The summed E-state index contributed by atoms with van der Waals surface area (Å²) in [6, 6.07) is -28.8. The van der Waals surface area contributed by atoms with Gasteiger partial charge in [0, 0.05) is 42.9 Å². The minimum Gasteiger partial charge on any atom is -0.310 e. The maximum absolute atomic E-state index is 10.2. The molecule has 1 unspecified atom stereocenters. The molecule has 0 amide bonds. The highest BCUT2D eigenvalue weighted by Gasteiger charge is 2.36. The monoisotopic (exact) mass is 712 g/mol. The maximum atomic E-state index is 10.2. The molecule has 2 heteroatoms. The summed E-state index contributed by atoms with van der Waals surface area (Å²) in [5, 5.41) is -1.36. The Bertz CT molecular complexity index is 4600. The van der Waals surface area contributed by atoms with Crippen LogP contribution in [0.4, 0.5) is 17.1 Å². The predicted molar refractivity (Wildman–Crippen MR) is 224 cm³/mol. The van der Waals surface area contributed by atoms with E-state index < -0.39 is 283 Å². The van der Waals surface area contributed by atoms with Gasteiger partial charge in [-0.1, -0.05) is 147 Å². The van der Waals surface area contributed by atoms with E-state index in [1.54, 1.807) is 0 Å². The van der Waals surface area contributed by atoms with Crippen LogP contribution in [0.2, 0.25) is 0 Å². The molecule has 1 heterocycles. The van der Waals surface area contributed by atoms with Gasteiger partial charge in [0.25, 0.3) is 0 Å². The summed E-state index contributed by atoms with van der Waals surface area (Å²) >= 11 is 0. The summed E-state index contributed by atoms with van der Waals surface area (Å²) < 4.78 is 300. The number of aromatic nitrogens is 1. The number of para-hydroxylation sites is 3. The zero-order valence-electron chi connectivity index (χ0n) is 60.0. The molecular weight excluding hydrogens is 641 g/mol. The third-order valence-corrected chi connectivity index (χ3v) is 8.75. The van der Waals surface area contributed by atoms with Crippen molar-refractivity contribution in [3.63, 3.8) is 0 Å². The molecule has 8 aromatic carbocycles. The average Bonchev–Trinajstić information content (AvgIpc) is 1.50. The lowest BCUT2D eigenvalue weighted by atomic mass is 9.82. The Hall–Kier alpha value is -6.64. The summed E-state index contributed by atoms with van der Waals surface area (Å²) in [5.41, 5.74) is -13.6. The van der Waals surface area contributed by atoms with E-state index in [0.29, 0.717) is 9.47 Å². The van der Waals surface area contributed by atoms with Crippen LogP contribution >= 0.6 is 0 Å². The summed E-state index contributed by atoms with van der Waals surface area (Å²) in [6.07, 6.45) is 0. The second-order valence-corrected chi connectivity index (χ2v) is 11.8. The van der Waals surface area contributed by atoms with Gasteiger partial charge in [-0.05, 0) is 99.4 Å². The van der Waals surface area contributed by atoms with Gasteiger partial charge >= 0.3 is 0 Å². The molecule has 0 aliphatic heterocycles. The molecule has 2 nitrogen and oxygen atoms in total. The van der Waals surface area contributed by atoms with Crippen molar-refractivity contribution in [3.05, 3.63) is 205 Å². The van der Waals surface area contributed by atoms with Gasteiger partial charge in [0.1, 0.15) is 0 Å². The molecule has 53 heavy (non-hydrogen) atoms. The highest BCUT2D eigenvalue weighted by Crippen LogP contribution is 2.51. The molecule has 0 saturated heterocycles. The molecule has 1 atom stereocenters. The lowest BCUT2D eigenvalue weighted by Crippen LogP contribution is -2.17. The van der Waals surface area contributed by atoms with Crippen LogP contribution in [-0.2, 0) is 5.41 Å². The molecule has 0 bridgehead atoms. The first kappa shape index (κ1) is 12.2. The lowest BCUT2D eigenvalue weighted by molar-refractivity contribution is 0.660. The first-order valence-corrected chi connectivity index (χ1v) is 15.7. The van der Waals surface area contributed by atoms with Crippen LogP contribution in [0.3, 0.4) is 0 Å². The van der Waals surface area contributed by atoms with E-state index >= 15 is 0 Å². The molecule has 0 saturated carbocycles.